The minimum Gasteiger partial charge on any atom is -0.486 e. The molecule has 0 bridgehead atoms. The zero-order valence-electron chi connectivity index (χ0n) is 12.2. The van der Waals surface area contributed by atoms with E-state index in [0.717, 1.165) is 0 Å². The normalized spacial score (nSPS) is 20.5. The van der Waals surface area contributed by atoms with Gasteiger partial charge in [-0.3, -0.25) is 9.59 Å². The Labute approximate surface area is 136 Å². The summed E-state index contributed by atoms with van der Waals surface area (Å²) in [6, 6.07) is 2.98. The highest BCUT2D eigenvalue weighted by molar-refractivity contribution is 9.10. The van der Waals surface area contributed by atoms with E-state index in [4.69, 9.17) is 9.47 Å². The van der Waals surface area contributed by atoms with Gasteiger partial charge in [-0.05, 0) is 34.5 Å². The Hall–Kier alpha value is -1.76. The van der Waals surface area contributed by atoms with Gasteiger partial charge in [-0.25, -0.2) is 0 Å². The molecule has 1 atom stereocenters. The third-order valence-corrected chi connectivity index (χ3v) is 4.41. The molecule has 2 aliphatic heterocycles. The topological polar surface area (TPSA) is 67.9 Å². The zero-order chi connectivity index (χ0) is 15.7. The Bertz CT molecular complexity index is 620. The van der Waals surface area contributed by atoms with Gasteiger partial charge in [0.1, 0.15) is 19.3 Å². The molecule has 22 heavy (non-hydrogen) atoms. The summed E-state index contributed by atoms with van der Waals surface area (Å²) in [5.41, 5.74) is 0.490. The van der Waals surface area contributed by atoms with Gasteiger partial charge in [0, 0.05) is 18.7 Å². The van der Waals surface area contributed by atoms with Crippen molar-refractivity contribution in [3.05, 3.63) is 22.2 Å². The van der Waals surface area contributed by atoms with Crippen LogP contribution in [0, 0.1) is 0 Å². The molecular weight excluding hydrogens is 352 g/mol. The number of halogens is 1. The van der Waals surface area contributed by atoms with Gasteiger partial charge in [0.05, 0.1) is 4.47 Å². The molecule has 118 valence electrons. The van der Waals surface area contributed by atoms with E-state index in [-0.39, 0.29) is 11.8 Å². The van der Waals surface area contributed by atoms with Crippen molar-refractivity contribution in [2.75, 3.05) is 26.3 Å². The Morgan fingerprint density at radius 3 is 2.95 bits per heavy atom. The SMILES string of the molecule is CCC1C(=O)NCCN1C(=O)c1cc(Br)c2c(c1)OCCO2. The van der Waals surface area contributed by atoms with E-state index >= 15 is 0 Å². The van der Waals surface area contributed by atoms with Gasteiger partial charge in [-0.2, -0.15) is 0 Å². The van der Waals surface area contributed by atoms with Gasteiger partial charge in [0.15, 0.2) is 11.5 Å². The maximum absolute atomic E-state index is 12.8. The molecule has 2 aliphatic rings. The summed E-state index contributed by atoms with van der Waals surface area (Å²) in [5.74, 6) is 0.905. The lowest BCUT2D eigenvalue weighted by Crippen LogP contribution is -2.56. The molecule has 0 spiro atoms. The number of hydrogen-bond donors (Lipinski definition) is 1. The van der Waals surface area contributed by atoms with Crippen LogP contribution in [0.15, 0.2) is 16.6 Å². The average Bonchev–Trinajstić information content (AvgIpc) is 2.54. The van der Waals surface area contributed by atoms with Gasteiger partial charge < -0.3 is 19.7 Å². The molecule has 1 aromatic rings. The number of ether oxygens (including phenoxy) is 2. The fourth-order valence-electron chi connectivity index (χ4n) is 2.76. The van der Waals surface area contributed by atoms with Gasteiger partial charge in [-0.15, -0.1) is 0 Å². The van der Waals surface area contributed by atoms with Crippen LogP contribution in [-0.2, 0) is 4.79 Å². The van der Waals surface area contributed by atoms with Crippen molar-refractivity contribution in [3.63, 3.8) is 0 Å². The maximum atomic E-state index is 12.8. The molecule has 7 heteroatoms. The smallest absolute Gasteiger partial charge is 0.254 e. The van der Waals surface area contributed by atoms with Crippen molar-refractivity contribution in [1.82, 2.24) is 10.2 Å². The van der Waals surface area contributed by atoms with Crippen LogP contribution in [0.1, 0.15) is 23.7 Å². The highest BCUT2D eigenvalue weighted by atomic mass is 79.9. The Balaban J connectivity index is 1.91. The number of hydrogen-bond acceptors (Lipinski definition) is 4. The second kappa shape index (κ2) is 6.16. The number of carbonyl (C=O) groups excluding carboxylic acids is 2. The maximum Gasteiger partial charge on any atom is 0.254 e. The molecular formula is C15H17BrN2O4. The van der Waals surface area contributed by atoms with Crippen molar-refractivity contribution in [1.29, 1.82) is 0 Å². The summed E-state index contributed by atoms with van der Waals surface area (Å²) in [6.45, 7) is 3.83. The monoisotopic (exact) mass is 368 g/mol. The number of benzene rings is 1. The standard InChI is InChI=1S/C15H17BrN2O4/c1-2-11-14(19)17-3-4-18(11)15(20)9-7-10(16)13-12(8-9)21-5-6-22-13/h7-8,11H,2-6H2,1H3,(H,17,19). The molecule has 1 aromatic carbocycles. The van der Waals surface area contributed by atoms with E-state index in [1.807, 2.05) is 6.92 Å². The summed E-state index contributed by atoms with van der Waals surface area (Å²) in [6.07, 6.45) is 0.587. The molecule has 0 radical (unpaired) electrons. The number of amides is 2. The van der Waals surface area contributed by atoms with Crippen LogP contribution in [0.3, 0.4) is 0 Å². The van der Waals surface area contributed by atoms with Crippen LogP contribution in [0.2, 0.25) is 0 Å². The second-order valence-electron chi connectivity index (χ2n) is 5.20. The fraction of sp³-hybridized carbons (Fsp3) is 0.467. The van der Waals surface area contributed by atoms with Gasteiger partial charge in [0.2, 0.25) is 5.91 Å². The fourth-order valence-corrected chi connectivity index (χ4v) is 3.32. The molecule has 2 amide bonds. The van der Waals surface area contributed by atoms with Gasteiger partial charge in [0.25, 0.3) is 5.91 Å². The van der Waals surface area contributed by atoms with Crippen molar-refractivity contribution >= 4 is 27.7 Å². The van der Waals surface area contributed by atoms with Crippen LogP contribution in [0.4, 0.5) is 0 Å². The molecule has 2 heterocycles. The summed E-state index contributed by atoms with van der Waals surface area (Å²) in [5, 5.41) is 2.79. The number of fused-ring (bicyclic) bond motifs is 1. The average molecular weight is 369 g/mol. The minimum atomic E-state index is -0.423. The summed E-state index contributed by atoms with van der Waals surface area (Å²) in [7, 11) is 0. The van der Waals surface area contributed by atoms with Crippen LogP contribution in [-0.4, -0.2) is 49.1 Å². The molecule has 3 rings (SSSR count). The molecule has 1 saturated heterocycles. The summed E-state index contributed by atoms with van der Waals surface area (Å²) < 4.78 is 11.8. The molecule has 0 aromatic heterocycles. The van der Waals surface area contributed by atoms with E-state index in [9.17, 15) is 9.59 Å². The van der Waals surface area contributed by atoms with E-state index in [1.54, 1.807) is 17.0 Å². The number of nitrogens with zero attached hydrogens (tertiary/aromatic N) is 1. The van der Waals surface area contributed by atoms with Crippen LogP contribution >= 0.6 is 15.9 Å². The first-order valence-corrected chi connectivity index (χ1v) is 8.09. The third-order valence-electron chi connectivity index (χ3n) is 3.82. The highest BCUT2D eigenvalue weighted by Gasteiger charge is 2.33. The van der Waals surface area contributed by atoms with Crippen molar-refractivity contribution in [2.24, 2.45) is 0 Å². The molecule has 6 nitrogen and oxygen atoms in total. The van der Waals surface area contributed by atoms with E-state index < -0.39 is 6.04 Å². The Kier molecular flexibility index (Phi) is 4.24. The first-order valence-electron chi connectivity index (χ1n) is 7.29. The first kappa shape index (κ1) is 15.1. The number of rotatable bonds is 2. The van der Waals surface area contributed by atoms with E-state index in [2.05, 4.69) is 21.2 Å². The lowest BCUT2D eigenvalue weighted by molar-refractivity contribution is -0.127. The third kappa shape index (κ3) is 2.65. The Morgan fingerprint density at radius 1 is 1.41 bits per heavy atom. The van der Waals surface area contributed by atoms with Gasteiger partial charge in [-0.1, -0.05) is 6.92 Å². The van der Waals surface area contributed by atoms with Crippen LogP contribution in [0.25, 0.3) is 0 Å². The quantitative estimate of drug-likeness (QED) is 0.860. The summed E-state index contributed by atoms with van der Waals surface area (Å²) in [4.78, 5) is 26.3. The first-order chi connectivity index (χ1) is 10.6. The van der Waals surface area contributed by atoms with E-state index in [0.29, 0.717) is 54.3 Å². The minimum absolute atomic E-state index is 0.0984. The number of nitrogens with one attached hydrogen (secondary N) is 1. The summed E-state index contributed by atoms with van der Waals surface area (Å²) >= 11 is 3.41. The lowest BCUT2D eigenvalue weighted by atomic mass is 10.1. The molecule has 0 saturated carbocycles. The van der Waals surface area contributed by atoms with Crippen molar-refractivity contribution in [3.8, 4) is 11.5 Å². The molecule has 1 N–H and O–H groups in total. The Morgan fingerprint density at radius 2 is 2.18 bits per heavy atom. The van der Waals surface area contributed by atoms with Crippen LogP contribution < -0.4 is 14.8 Å². The highest BCUT2D eigenvalue weighted by Crippen LogP contribution is 2.38. The number of carbonyl (C=O) groups is 2. The molecule has 0 aliphatic carbocycles. The predicted octanol–water partition coefficient (Wildman–Crippen LogP) is 1.57. The predicted molar refractivity (Wildman–Crippen MR) is 83.3 cm³/mol. The van der Waals surface area contributed by atoms with Crippen molar-refractivity contribution in [2.45, 2.75) is 19.4 Å². The van der Waals surface area contributed by atoms with Crippen LogP contribution in [0.5, 0.6) is 11.5 Å². The van der Waals surface area contributed by atoms with Crippen molar-refractivity contribution < 1.29 is 19.1 Å². The van der Waals surface area contributed by atoms with E-state index in [1.165, 1.54) is 0 Å². The number of piperazine rings is 1. The molecule has 1 unspecified atom stereocenters. The largest absolute Gasteiger partial charge is 0.486 e. The van der Waals surface area contributed by atoms with Gasteiger partial charge >= 0.3 is 0 Å². The zero-order valence-corrected chi connectivity index (χ0v) is 13.8. The molecule has 1 fully saturated rings. The second-order valence-corrected chi connectivity index (χ2v) is 6.05. The lowest BCUT2D eigenvalue weighted by Gasteiger charge is -2.34.